The number of nitrogens with one attached hydrogen (secondary N) is 1. The Morgan fingerprint density at radius 1 is 1.04 bits per heavy atom. The van der Waals surface area contributed by atoms with Gasteiger partial charge in [0.25, 0.3) is 0 Å². The number of alkyl carbamates (subject to hydrolysis) is 1. The lowest BCUT2D eigenvalue weighted by atomic mass is 10.1. The first kappa shape index (κ1) is 23.9. The first-order valence-electron chi connectivity index (χ1n) is 9.65. The highest BCUT2D eigenvalue weighted by Crippen LogP contribution is 2.15. The molecule has 1 aromatic rings. The van der Waals surface area contributed by atoms with E-state index in [1.54, 1.807) is 20.8 Å². The molecule has 1 rings (SSSR count). The van der Waals surface area contributed by atoms with E-state index in [-0.39, 0.29) is 19.6 Å². The summed E-state index contributed by atoms with van der Waals surface area (Å²) in [6.45, 7) is 10.2. The van der Waals surface area contributed by atoms with Crippen LogP contribution in [-0.4, -0.2) is 43.7 Å². The summed E-state index contributed by atoms with van der Waals surface area (Å²) in [5.74, 6) is -1.05. The summed E-state index contributed by atoms with van der Waals surface area (Å²) < 4.78 is 21.7. The Morgan fingerprint density at radius 2 is 1.64 bits per heavy atom. The molecule has 28 heavy (non-hydrogen) atoms. The predicted octanol–water partition coefficient (Wildman–Crippen LogP) is 3.66. The van der Waals surface area contributed by atoms with Crippen LogP contribution in [-0.2, 0) is 30.3 Å². The van der Waals surface area contributed by atoms with Crippen molar-refractivity contribution in [1.82, 2.24) is 5.32 Å². The number of esters is 1. The minimum absolute atomic E-state index is 0.0686. The van der Waals surface area contributed by atoms with Crippen molar-refractivity contribution in [2.75, 3.05) is 19.8 Å². The van der Waals surface area contributed by atoms with Crippen LogP contribution in [0.2, 0.25) is 0 Å². The van der Waals surface area contributed by atoms with Gasteiger partial charge in [-0.1, -0.05) is 30.3 Å². The zero-order valence-electron chi connectivity index (χ0n) is 17.5. The summed E-state index contributed by atoms with van der Waals surface area (Å²) in [4.78, 5) is 24.6. The van der Waals surface area contributed by atoms with Crippen molar-refractivity contribution in [3.63, 3.8) is 0 Å². The van der Waals surface area contributed by atoms with Crippen molar-refractivity contribution >= 4 is 12.1 Å². The molecule has 7 heteroatoms. The molecule has 0 saturated carbocycles. The largest absolute Gasteiger partial charge is 0.461 e. The molecule has 0 spiro atoms. The Bertz CT molecular complexity index is 578. The number of carbonyl (C=O) groups is 2. The summed E-state index contributed by atoms with van der Waals surface area (Å²) in [6, 6.07) is 9.42. The zero-order chi connectivity index (χ0) is 21.0. The fourth-order valence-electron chi connectivity index (χ4n) is 2.42. The second-order valence-corrected chi connectivity index (χ2v) is 7.25. The van der Waals surface area contributed by atoms with Gasteiger partial charge in [-0.05, 0) is 40.2 Å². The number of carbonyl (C=O) groups excluding carboxylic acids is 2. The SMILES string of the molecule is CCOC(CC(CNC(=O)OC(C)(C)C)C(=O)OCc1ccccc1)OCC. The number of hydrogen-bond acceptors (Lipinski definition) is 6. The molecule has 158 valence electrons. The number of benzene rings is 1. The molecule has 0 bridgehead atoms. The van der Waals surface area contributed by atoms with E-state index in [0.717, 1.165) is 5.56 Å². The minimum Gasteiger partial charge on any atom is -0.461 e. The number of amides is 1. The molecule has 0 aliphatic heterocycles. The van der Waals surface area contributed by atoms with Crippen LogP contribution in [0.5, 0.6) is 0 Å². The molecule has 1 atom stereocenters. The first-order valence-corrected chi connectivity index (χ1v) is 9.65. The normalized spacial score (nSPS) is 12.5. The Hall–Kier alpha value is -2.12. The summed E-state index contributed by atoms with van der Waals surface area (Å²) in [6.07, 6.45) is -0.868. The third-order valence-corrected chi connectivity index (χ3v) is 3.63. The summed E-state index contributed by atoms with van der Waals surface area (Å²) in [5, 5.41) is 2.63. The topological polar surface area (TPSA) is 83.1 Å². The maximum absolute atomic E-state index is 12.6. The van der Waals surface area contributed by atoms with Crippen molar-refractivity contribution in [3.8, 4) is 0 Å². The molecule has 0 aliphatic rings. The van der Waals surface area contributed by atoms with Gasteiger partial charge in [-0.15, -0.1) is 0 Å². The number of rotatable bonds is 11. The molecule has 1 N–H and O–H groups in total. The van der Waals surface area contributed by atoms with E-state index < -0.39 is 29.9 Å². The molecule has 0 fully saturated rings. The van der Waals surface area contributed by atoms with Crippen LogP contribution in [0.25, 0.3) is 0 Å². The van der Waals surface area contributed by atoms with E-state index in [4.69, 9.17) is 18.9 Å². The molecule has 1 unspecified atom stereocenters. The van der Waals surface area contributed by atoms with Crippen LogP contribution in [0.3, 0.4) is 0 Å². The number of hydrogen-bond donors (Lipinski definition) is 1. The van der Waals surface area contributed by atoms with Gasteiger partial charge in [-0.25, -0.2) is 4.79 Å². The maximum atomic E-state index is 12.6. The molecule has 0 radical (unpaired) electrons. The highest BCUT2D eigenvalue weighted by Gasteiger charge is 2.27. The summed E-state index contributed by atoms with van der Waals surface area (Å²) in [5.41, 5.74) is 0.271. The Balaban J connectivity index is 2.71. The molecule has 0 heterocycles. The lowest BCUT2D eigenvalue weighted by molar-refractivity contribution is -0.165. The van der Waals surface area contributed by atoms with Crippen LogP contribution in [0.15, 0.2) is 30.3 Å². The van der Waals surface area contributed by atoms with Crippen molar-refractivity contribution in [2.45, 2.75) is 59.5 Å². The quantitative estimate of drug-likeness (QED) is 0.455. The summed E-state index contributed by atoms with van der Waals surface area (Å²) in [7, 11) is 0. The highest BCUT2D eigenvalue weighted by atomic mass is 16.7. The van der Waals surface area contributed by atoms with E-state index in [1.165, 1.54) is 0 Å². The molecule has 1 amide bonds. The van der Waals surface area contributed by atoms with Gasteiger partial charge in [0, 0.05) is 26.2 Å². The van der Waals surface area contributed by atoms with Crippen LogP contribution < -0.4 is 5.32 Å². The zero-order valence-corrected chi connectivity index (χ0v) is 17.5. The molecular formula is C21H33NO6. The predicted molar refractivity (Wildman–Crippen MR) is 106 cm³/mol. The maximum Gasteiger partial charge on any atom is 0.407 e. The Kier molecular flexibility index (Phi) is 10.6. The van der Waals surface area contributed by atoms with Crippen LogP contribution >= 0.6 is 0 Å². The second kappa shape index (κ2) is 12.4. The van der Waals surface area contributed by atoms with Gasteiger partial charge >= 0.3 is 12.1 Å². The van der Waals surface area contributed by atoms with Crippen molar-refractivity contribution in [3.05, 3.63) is 35.9 Å². The fourth-order valence-corrected chi connectivity index (χ4v) is 2.42. The average molecular weight is 395 g/mol. The average Bonchev–Trinajstić information content (AvgIpc) is 2.63. The van der Waals surface area contributed by atoms with E-state index in [2.05, 4.69) is 5.32 Å². The fraction of sp³-hybridized carbons (Fsp3) is 0.619. The highest BCUT2D eigenvalue weighted by molar-refractivity contribution is 5.74. The van der Waals surface area contributed by atoms with Gasteiger partial charge in [0.15, 0.2) is 6.29 Å². The molecule has 0 saturated heterocycles. The van der Waals surface area contributed by atoms with Gasteiger partial charge in [0.2, 0.25) is 0 Å². The van der Waals surface area contributed by atoms with Gasteiger partial charge in [0.1, 0.15) is 12.2 Å². The second-order valence-electron chi connectivity index (χ2n) is 7.25. The molecule has 1 aromatic carbocycles. The number of ether oxygens (including phenoxy) is 4. The Labute approximate surface area is 167 Å². The van der Waals surface area contributed by atoms with Crippen molar-refractivity contribution in [1.29, 1.82) is 0 Å². The van der Waals surface area contributed by atoms with Crippen LogP contribution in [0.1, 0.15) is 46.6 Å². The summed E-state index contributed by atoms with van der Waals surface area (Å²) >= 11 is 0. The third kappa shape index (κ3) is 10.3. The van der Waals surface area contributed by atoms with Crippen LogP contribution in [0.4, 0.5) is 4.79 Å². The van der Waals surface area contributed by atoms with Crippen LogP contribution in [0, 0.1) is 5.92 Å². The van der Waals surface area contributed by atoms with Crippen molar-refractivity contribution in [2.24, 2.45) is 5.92 Å². The smallest absolute Gasteiger partial charge is 0.407 e. The molecular weight excluding hydrogens is 362 g/mol. The Morgan fingerprint density at radius 3 is 2.18 bits per heavy atom. The molecule has 0 aliphatic carbocycles. The van der Waals surface area contributed by atoms with Crippen molar-refractivity contribution < 1.29 is 28.5 Å². The molecule has 0 aromatic heterocycles. The van der Waals surface area contributed by atoms with E-state index >= 15 is 0 Å². The standard InChI is InChI=1S/C21H33NO6/c1-6-25-18(26-7-2)13-17(14-22-20(24)28-21(3,4)5)19(23)27-15-16-11-9-8-10-12-16/h8-12,17-18H,6-7,13-15H2,1-5H3,(H,22,24). The van der Waals surface area contributed by atoms with E-state index in [1.807, 2.05) is 44.2 Å². The minimum atomic E-state index is -0.626. The van der Waals surface area contributed by atoms with Gasteiger partial charge in [-0.3, -0.25) is 4.79 Å². The lowest BCUT2D eigenvalue weighted by Gasteiger charge is -2.24. The van der Waals surface area contributed by atoms with E-state index in [0.29, 0.717) is 13.2 Å². The first-order chi connectivity index (χ1) is 13.2. The third-order valence-electron chi connectivity index (χ3n) is 3.63. The van der Waals surface area contributed by atoms with Gasteiger partial charge < -0.3 is 24.3 Å². The monoisotopic (exact) mass is 395 g/mol. The van der Waals surface area contributed by atoms with Gasteiger partial charge in [0.05, 0.1) is 5.92 Å². The van der Waals surface area contributed by atoms with Gasteiger partial charge in [-0.2, -0.15) is 0 Å². The lowest BCUT2D eigenvalue weighted by Crippen LogP contribution is -2.39. The van der Waals surface area contributed by atoms with E-state index in [9.17, 15) is 9.59 Å². The molecule has 7 nitrogen and oxygen atoms in total.